The smallest absolute Gasteiger partial charge is 0.296 e. The molecule has 1 aliphatic carbocycles. The van der Waals surface area contributed by atoms with E-state index in [1.54, 1.807) is 41.1 Å². The fourth-order valence-corrected chi connectivity index (χ4v) is 10.6. The molecule has 0 spiro atoms. The SMILES string of the molecule is CO[C@H]1C[C@@H]2CC[C@@H](C)[C@@](O)(O2)C(=O)C(=O)N2CCCCC2C(=O)C[C@H]([C@H](C)C[C@@H]2CC[C@@H](O)[C@H](OC)C2)CC(=O)[C@H](C)/C=C(\C)[C@@H](O)[C@@H](OC)C(=O)[C@H](C)C[C@H](C)/C=C/C=CC=C1C. The number of hydrogen-bond acceptors (Lipinski definition) is 12. The molecular formula is C52H81NO12. The van der Waals surface area contributed by atoms with Gasteiger partial charge in [0.25, 0.3) is 11.7 Å². The van der Waals surface area contributed by atoms with Crippen LogP contribution in [0.1, 0.15) is 132 Å². The zero-order valence-electron chi connectivity index (χ0n) is 40.9. The van der Waals surface area contributed by atoms with Gasteiger partial charge in [-0.25, -0.2) is 0 Å². The minimum absolute atomic E-state index is 0.0118. The number of carbonyl (C=O) groups is 5. The first kappa shape index (κ1) is 54.4. The second-order valence-electron chi connectivity index (χ2n) is 20.0. The Morgan fingerprint density at radius 2 is 1.52 bits per heavy atom. The number of ketones is 4. The molecule has 0 aromatic carbocycles. The van der Waals surface area contributed by atoms with Crippen LogP contribution < -0.4 is 0 Å². The molecule has 13 heteroatoms. The summed E-state index contributed by atoms with van der Waals surface area (Å²) in [6.45, 7) is 13.1. The number of aliphatic hydroxyl groups excluding tert-OH is 2. The van der Waals surface area contributed by atoms with Crippen molar-refractivity contribution in [2.45, 2.75) is 180 Å². The van der Waals surface area contributed by atoms with Crippen molar-refractivity contribution in [3.8, 4) is 0 Å². The molecule has 1 unspecified atom stereocenters. The number of fused-ring (bicyclic) bond motifs is 3. The van der Waals surface area contributed by atoms with Crippen molar-refractivity contribution in [1.82, 2.24) is 4.90 Å². The summed E-state index contributed by atoms with van der Waals surface area (Å²) >= 11 is 0. The Morgan fingerprint density at radius 1 is 0.815 bits per heavy atom. The molecule has 366 valence electrons. The quantitative estimate of drug-likeness (QED) is 0.186. The molecule has 3 heterocycles. The molecule has 0 radical (unpaired) electrons. The lowest BCUT2D eigenvalue weighted by Gasteiger charge is -2.43. The summed E-state index contributed by atoms with van der Waals surface area (Å²) in [6.07, 6.45) is 13.2. The average molecular weight is 912 g/mol. The first-order valence-corrected chi connectivity index (χ1v) is 24.2. The summed E-state index contributed by atoms with van der Waals surface area (Å²) in [4.78, 5) is 72.3. The molecule has 15 atom stereocenters. The topological polar surface area (TPSA) is 186 Å². The number of amides is 1. The molecule has 0 aromatic heterocycles. The van der Waals surface area contributed by atoms with Gasteiger partial charge >= 0.3 is 0 Å². The molecule has 4 rings (SSSR count). The van der Waals surface area contributed by atoms with E-state index in [1.807, 2.05) is 58.1 Å². The van der Waals surface area contributed by atoms with Crippen molar-refractivity contribution in [3.63, 3.8) is 0 Å². The first-order chi connectivity index (χ1) is 30.7. The lowest BCUT2D eigenvalue weighted by molar-refractivity contribution is -0.265. The summed E-state index contributed by atoms with van der Waals surface area (Å²) in [6, 6.07) is -0.917. The summed E-state index contributed by atoms with van der Waals surface area (Å²) in [5.41, 5.74) is 1.32. The van der Waals surface area contributed by atoms with E-state index >= 15 is 0 Å². The molecule has 1 amide bonds. The second-order valence-corrected chi connectivity index (χ2v) is 20.0. The average Bonchev–Trinajstić information content (AvgIpc) is 3.28. The van der Waals surface area contributed by atoms with Gasteiger partial charge in [0, 0.05) is 64.9 Å². The zero-order chi connectivity index (χ0) is 48.2. The number of piperidine rings is 1. The summed E-state index contributed by atoms with van der Waals surface area (Å²) in [5, 5.41) is 33.9. The maximum atomic E-state index is 14.6. The van der Waals surface area contributed by atoms with Crippen molar-refractivity contribution in [3.05, 3.63) is 47.6 Å². The van der Waals surface area contributed by atoms with E-state index < -0.39 is 77.7 Å². The van der Waals surface area contributed by atoms with Gasteiger partial charge in [-0.3, -0.25) is 24.0 Å². The van der Waals surface area contributed by atoms with Crippen molar-refractivity contribution in [1.29, 1.82) is 0 Å². The third-order valence-electron chi connectivity index (χ3n) is 15.0. The molecule has 13 nitrogen and oxygen atoms in total. The highest BCUT2D eigenvalue weighted by Crippen LogP contribution is 2.39. The molecule has 3 fully saturated rings. The van der Waals surface area contributed by atoms with E-state index in [0.29, 0.717) is 69.8 Å². The van der Waals surface area contributed by atoms with Crippen molar-refractivity contribution in [2.75, 3.05) is 27.9 Å². The molecule has 3 N–H and O–H groups in total. The normalized spacial score (nSPS) is 39.2. The first-order valence-electron chi connectivity index (χ1n) is 24.2. The number of hydrogen-bond donors (Lipinski definition) is 3. The van der Waals surface area contributed by atoms with Gasteiger partial charge < -0.3 is 39.2 Å². The lowest BCUT2D eigenvalue weighted by Crippen LogP contribution is -2.60. The fourth-order valence-electron chi connectivity index (χ4n) is 10.6. The number of nitrogens with zero attached hydrogens (tertiary/aromatic N) is 1. The number of aliphatic hydroxyl groups is 3. The summed E-state index contributed by atoms with van der Waals surface area (Å²) < 4.78 is 23.2. The van der Waals surface area contributed by atoms with Crippen LogP contribution >= 0.6 is 0 Å². The van der Waals surface area contributed by atoms with Gasteiger partial charge in [-0.15, -0.1) is 0 Å². The van der Waals surface area contributed by atoms with Crippen LogP contribution in [-0.4, -0.2) is 126 Å². The van der Waals surface area contributed by atoms with E-state index in [9.17, 15) is 39.3 Å². The molecular weight excluding hydrogens is 831 g/mol. The van der Waals surface area contributed by atoms with E-state index in [0.717, 1.165) is 12.0 Å². The zero-order valence-corrected chi connectivity index (χ0v) is 40.9. The van der Waals surface area contributed by atoms with Crippen LogP contribution in [0.15, 0.2) is 47.6 Å². The molecule has 0 aromatic rings. The van der Waals surface area contributed by atoms with Gasteiger partial charge in [-0.05, 0) is 113 Å². The minimum Gasteiger partial charge on any atom is -0.390 e. The maximum absolute atomic E-state index is 14.6. The van der Waals surface area contributed by atoms with E-state index in [4.69, 9.17) is 18.9 Å². The van der Waals surface area contributed by atoms with Crippen molar-refractivity contribution >= 4 is 29.0 Å². The van der Waals surface area contributed by atoms with Gasteiger partial charge in [-0.2, -0.15) is 0 Å². The predicted molar refractivity (Wildman–Crippen MR) is 248 cm³/mol. The molecule has 4 aliphatic rings. The third kappa shape index (κ3) is 14.4. The number of Topliss-reactive ketones (excluding diaryl/α,β-unsaturated/α-hetero) is 4. The highest BCUT2D eigenvalue weighted by Gasteiger charge is 2.53. The van der Waals surface area contributed by atoms with Gasteiger partial charge in [0.2, 0.25) is 5.79 Å². The Morgan fingerprint density at radius 3 is 2.20 bits per heavy atom. The van der Waals surface area contributed by atoms with Crippen LogP contribution in [0.5, 0.6) is 0 Å². The van der Waals surface area contributed by atoms with Crippen LogP contribution in [0.3, 0.4) is 0 Å². The van der Waals surface area contributed by atoms with Gasteiger partial charge in [0.1, 0.15) is 18.0 Å². The highest BCUT2D eigenvalue weighted by molar-refractivity contribution is 6.39. The van der Waals surface area contributed by atoms with Crippen LogP contribution in [0.2, 0.25) is 0 Å². The van der Waals surface area contributed by atoms with E-state index in [2.05, 4.69) is 0 Å². The number of rotatable bonds is 6. The number of carbonyl (C=O) groups excluding carboxylic acids is 5. The summed E-state index contributed by atoms with van der Waals surface area (Å²) in [7, 11) is 4.57. The largest absolute Gasteiger partial charge is 0.390 e. The van der Waals surface area contributed by atoms with Crippen molar-refractivity contribution < 1.29 is 58.2 Å². The molecule has 65 heavy (non-hydrogen) atoms. The number of allylic oxidation sites excluding steroid dienone is 6. The van der Waals surface area contributed by atoms with Crippen molar-refractivity contribution in [2.24, 2.45) is 41.4 Å². The Kier molecular flexibility index (Phi) is 21.2. The Balaban J connectivity index is 1.70. The minimum atomic E-state index is -2.39. The van der Waals surface area contributed by atoms with Gasteiger partial charge in [-0.1, -0.05) is 71.1 Å². The lowest BCUT2D eigenvalue weighted by atomic mass is 9.74. The van der Waals surface area contributed by atoms with Crippen LogP contribution in [0.4, 0.5) is 0 Å². The standard InChI is InChI=1S/C52H81NO12/c1-31-16-12-11-13-17-32(2)45(62-8)30-40-21-19-37(7)52(61,65-40)50(59)51(60)53-23-15-14-18-41(53)44(56)29-39(33(3)26-38-20-22-42(54)46(27-38)63-9)28-43(55)34(4)25-36(6)48(58)49(64-10)47(57)35(5)24-31/h11-13,16-17,25,31,33-35,37-42,45-46,48-49,54,58,61H,14-15,18-24,26-30H2,1-10H3/b13-11?,16-12+,32-17?,36-25+/t31-,33-,34-,35-,37-,38+,39-,40+,41?,42-,45+,46-,48-,49+,52-/m1/s1. The van der Waals surface area contributed by atoms with Gasteiger partial charge in [0.15, 0.2) is 11.6 Å². The van der Waals surface area contributed by atoms with E-state index in [-0.39, 0.29) is 60.6 Å². The van der Waals surface area contributed by atoms with E-state index in [1.165, 1.54) is 12.0 Å². The summed E-state index contributed by atoms with van der Waals surface area (Å²) in [5.74, 6) is -7.12. The molecule has 2 bridgehead atoms. The number of ether oxygens (including phenoxy) is 4. The Hall–Kier alpha value is -3.17. The Bertz CT molecular complexity index is 1750. The number of methoxy groups -OCH3 is 3. The predicted octanol–water partition coefficient (Wildman–Crippen LogP) is 6.84. The molecule has 2 saturated heterocycles. The highest BCUT2D eigenvalue weighted by atomic mass is 16.6. The second kappa shape index (κ2) is 25.3. The molecule has 1 saturated carbocycles. The third-order valence-corrected chi connectivity index (χ3v) is 15.0. The van der Waals surface area contributed by atoms with Crippen LogP contribution in [-0.2, 0) is 42.9 Å². The monoisotopic (exact) mass is 912 g/mol. The molecule has 3 aliphatic heterocycles. The maximum Gasteiger partial charge on any atom is 0.296 e. The fraction of sp³-hybridized carbons (Fsp3) is 0.750. The Labute approximate surface area is 388 Å². The van der Waals surface area contributed by atoms with Crippen LogP contribution in [0, 0.1) is 41.4 Å². The van der Waals surface area contributed by atoms with Gasteiger partial charge in [0.05, 0.1) is 30.5 Å². The van der Waals surface area contributed by atoms with Crippen LogP contribution in [0.25, 0.3) is 0 Å².